The van der Waals surface area contributed by atoms with Gasteiger partial charge < -0.3 is 52.3 Å². The number of esters is 3. The van der Waals surface area contributed by atoms with E-state index in [1.807, 2.05) is 79.6 Å². The van der Waals surface area contributed by atoms with Crippen molar-refractivity contribution in [2.45, 2.75) is 187 Å². The molecule has 10 unspecified atom stereocenters. The van der Waals surface area contributed by atoms with Crippen molar-refractivity contribution in [3.8, 4) is 0 Å². The van der Waals surface area contributed by atoms with Crippen LogP contribution in [0.4, 0.5) is 0 Å². The summed E-state index contributed by atoms with van der Waals surface area (Å²) in [4.78, 5) is 44.1. The molecular weight excluding hydrogens is 871 g/mol. The molecule has 0 N–H and O–H groups in total. The van der Waals surface area contributed by atoms with Crippen LogP contribution < -0.4 is 0 Å². The summed E-state index contributed by atoms with van der Waals surface area (Å²) in [7, 11) is 5.50. The maximum atomic E-state index is 14.8. The third-order valence-corrected chi connectivity index (χ3v) is 14.8. The molecule has 4 aliphatic rings. The van der Waals surface area contributed by atoms with Gasteiger partial charge in [-0.05, 0) is 117 Å². The number of nitrogens with zero attached hydrogens (tertiary/aromatic N) is 1. The van der Waals surface area contributed by atoms with Gasteiger partial charge in [0.2, 0.25) is 0 Å². The molecule has 4 fully saturated rings. The van der Waals surface area contributed by atoms with E-state index in [2.05, 4.69) is 27.4 Å². The summed E-state index contributed by atoms with van der Waals surface area (Å²) in [5, 5.41) is 0. The Hall–Kier alpha value is -3.73. The second kappa shape index (κ2) is 22.6. The second-order valence-corrected chi connectivity index (χ2v) is 20.8. The highest BCUT2D eigenvalue weighted by Gasteiger charge is 2.53. The van der Waals surface area contributed by atoms with Crippen molar-refractivity contribution in [3.63, 3.8) is 0 Å². The van der Waals surface area contributed by atoms with Crippen LogP contribution in [0.3, 0.4) is 0 Å². The molecule has 18 atom stereocenters. The number of likely N-dealkylation sites (N-methyl/N-ethyl adjacent to an activating group) is 1. The van der Waals surface area contributed by atoms with E-state index in [1.54, 1.807) is 62.6 Å². The maximum Gasteiger partial charge on any atom is 0.338 e. The Morgan fingerprint density at radius 2 is 1.37 bits per heavy atom. The highest BCUT2D eigenvalue weighted by Crippen LogP contribution is 2.44. The van der Waals surface area contributed by atoms with Crippen molar-refractivity contribution in [1.29, 1.82) is 0 Å². The second-order valence-electron chi connectivity index (χ2n) is 20.8. The molecule has 0 aromatic heterocycles. The number of ether oxygens (including phenoxy) is 10. The van der Waals surface area contributed by atoms with E-state index in [-0.39, 0.29) is 42.4 Å². The molecule has 0 saturated carbocycles. The first-order chi connectivity index (χ1) is 32.1. The third kappa shape index (κ3) is 12.2. The normalized spacial score (nSPS) is 39.3. The predicted octanol–water partition coefficient (Wildman–Crippen LogP) is 8.80. The largest absolute Gasteiger partial charge is 0.457 e. The zero-order valence-electron chi connectivity index (χ0n) is 42.9. The van der Waals surface area contributed by atoms with Crippen LogP contribution in [0.5, 0.6) is 0 Å². The number of hydrogen-bond acceptors (Lipinski definition) is 14. The fourth-order valence-corrected chi connectivity index (χ4v) is 11.0. The summed E-state index contributed by atoms with van der Waals surface area (Å²) in [6.07, 6.45) is -5.46. The lowest BCUT2D eigenvalue weighted by Crippen LogP contribution is -2.60. The van der Waals surface area contributed by atoms with Crippen LogP contribution in [0.15, 0.2) is 72.8 Å². The predicted molar refractivity (Wildman–Crippen MR) is 255 cm³/mol. The van der Waals surface area contributed by atoms with Gasteiger partial charge in [0.05, 0.1) is 59.7 Å². The minimum absolute atomic E-state index is 0.00738. The van der Waals surface area contributed by atoms with Gasteiger partial charge in [-0.2, -0.15) is 0 Å². The number of rotatable bonds is 11. The molecule has 0 spiro atoms. The van der Waals surface area contributed by atoms with Crippen molar-refractivity contribution in [3.05, 3.63) is 83.9 Å². The summed E-state index contributed by atoms with van der Waals surface area (Å²) in [5.41, 5.74) is 0.456. The first-order valence-electron chi connectivity index (χ1n) is 24.7. The lowest BCUT2D eigenvalue weighted by Gasteiger charge is -2.50. The highest BCUT2D eigenvalue weighted by molar-refractivity contribution is 5.90. The molecule has 14 nitrogen and oxygen atoms in total. The van der Waals surface area contributed by atoms with Crippen molar-refractivity contribution in [1.82, 2.24) is 4.90 Å². The fraction of sp³-hybridized carbons (Fsp3) is 0.685. The van der Waals surface area contributed by atoms with Gasteiger partial charge >= 0.3 is 17.9 Å². The highest BCUT2D eigenvalue weighted by atomic mass is 16.7. The quantitative estimate of drug-likeness (QED) is 0.120. The first-order valence-corrected chi connectivity index (χ1v) is 24.7. The van der Waals surface area contributed by atoms with Gasteiger partial charge in [0.15, 0.2) is 30.6 Å². The van der Waals surface area contributed by atoms with E-state index in [1.165, 1.54) is 0 Å². The van der Waals surface area contributed by atoms with E-state index < -0.39 is 96.4 Å². The number of fused-ring (bicyclic) bond motifs is 2. The Balaban J connectivity index is 1.40. The number of hydrogen-bond donors (Lipinski definition) is 0. The van der Waals surface area contributed by atoms with Crippen LogP contribution in [-0.4, -0.2) is 129 Å². The smallest absolute Gasteiger partial charge is 0.338 e. The topological polar surface area (TPSA) is 147 Å². The first kappa shape index (κ1) is 53.6. The van der Waals surface area contributed by atoms with Crippen molar-refractivity contribution in [2.24, 2.45) is 29.6 Å². The molecule has 0 aliphatic carbocycles. The van der Waals surface area contributed by atoms with Crippen LogP contribution in [0.2, 0.25) is 0 Å². The van der Waals surface area contributed by atoms with Crippen LogP contribution in [0, 0.1) is 29.6 Å². The van der Waals surface area contributed by atoms with Crippen LogP contribution in [0.25, 0.3) is 0 Å². The van der Waals surface area contributed by atoms with Gasteiger partial charge in [0, 0.05) is 25.4 Å². The molecule has 6 rings (SSSR count). The molecule has 2 aromatic rings. The van der Waals surface area contributed by atoms with Crippen LogP contribution in [0.1, 0.15) is 123 Å². The Kier molecular flexibility index (Phi) is 17.8. The van der Waals surface area contributed by atoms with Gasteiger partial charge in [-0.3, -0.25) is 4.79 Å². The summed E-state index contributed by atoms with van der Waals surface area (Å²) in [6.45, 7) is 26.2. The molecule has 0 radical (unpaired) electrons. The van der Waals surface area contributed by atoms with Crippen LogP contribution >= 0.6 is 0 Å². The van der Waals surface area contributed by atoms with Gasteiger partial charge in [0.1, 0.15) is 11.7 Å². The Morgan fingerprint density at radius 1 is 0.765 bits per heavy atom. The third-order valence-electron chi connectivity index (χ3n) is 14.8. The van der Waals surface area contributed by atoms with Gasteiger partial charge in [0.25, 0.3) is 0 Å². The number of cyclic esters (lactones) is 1. The van der Waals surface area contributed by atoms with Crippen molar-refractivity contribution >= 4 is 17.9 Å². The Bertz CT molecular complexity index is 2000. The van der Waals surface area contributed by atoms with Gasteiger partial charge in [-0.15, -0.1) is 0 Å². The fourth-order valence-electron chi connectivity index (χ4n) is 11.0. The molecule has 0 amide bonds. The summed E-state index contributed by atoms with van der Waals surface area (Å²) in [6, 6.07) is 17.4. The summed E-state index contributed by atoms with van der Waals surface area (Å²) < 4.78 is 66.1. The van der Waals surface area contributed by atoms with Crippen LogP contribution in [-0.2, 0) is 52.2 Å². The lowest BCUT2D eigenvalue weighted by atomic mass is 9.76. The van der Waals surface area contributed by atoms with Crippen molar-refractivity contribution < 1.29 is 61.8 Å². The number of methoxy groups -OCH3 is 1. The van der Waals surface area contributed by atoms with Gasteiger partial charge in [-0.25, -0.2) is 9.59 Å². The summed E-state index contributed by atoms with van der Waals surface area (Å²) in [5.74, 6) is -4.14. The molecule has 68 heavy (non-hydrogen) atoms. The molecule has 2 bridgehead atoms. The van der Waals surface area contributed by atoms with E-state index in [9.17, 15) is 14.4 Å². The molecule has 378 valence electrons. The molecule has 2 aromatic carbocycles. The van der Waals surface area contributed by atoms with Crippen molar-refractivity contribution in [2.75, 3.05) is 21.2 Å². The zero-order chi connectivity index (χ0) is 49.8. The minimum atomic E-state index is -1.05. The number of carbonyl (C=O) groups is 3. The average molecular weight is 950 g/mol. The van der Waals surface area contributed by atoms with E-state index in [4.69, 9.17) is 47.4 Å². The molecular formula is C54H79NO13. The SMILES string of the molecule is C=C1C(CC)OC(=O)C(C)C(O[C@H]2C[C@@](C)(OC)[C@@H](OC(=O)c3ccccc3)C(C)O2)C(C)[C@@H](OC2OC(C)CC(N(C)C)[C@H]2OC(=O)c2ccccc2)C(C)C[C@@H](C)C2OC(C)(C)O[C@@H]1[C@H]2C. The minimum Gasteiger partial charge on any atom is -0.457 e. The molecule has 4 saturated heterocycles. The number of carbonyl (C=O) groups excluding carboxylic acids is 3. The Labute approximate surface area is 404 Å². The van der Waals surface area contributed by atoms with Gasteiger partial charge in [-0.1, -0.05) is 77.6 Å². The molecule has 14 heteroatoms. The summed E-state index contributed by atoms with van der Waals surface area (Å²) >= 11 is 0. The monoisotopic (exact) mass is 950 g/mol. The Morgan fingerprint density at radius 3 is 1.94 bits per heavy atom. The number of benzene rings is 2. The lowest BCUT2D eigenvalue weighted by molar-refractivity contribution is -0.323. The molecule has 4 heterocycles. The zero-order valence-corrected chi connectivity index (χ0v) is 42.9. The van der Waals surface area contributed by atoms with E-state index >= 15 is 0 Å². The average Bonchev–Trinajstić information content (AvgIpc) is 3.30. The maximum absolute atomic E-state index is 14.8. The van der Waals surface area contributed by atoms with E-state index in [0.717, 1.165) is 0 Å². The molecule has 4 aliphatic heterocycles. The standard InChI is InChI=1S/C54H79NO13/c1-16-41-33(5)46-35(7)44(67-53(10,11)68-46)31(3)27-30(2)43(65-52-47(40(55(13)14)28-32(4)60-52)64-50(57)38-23-19-17-20-24-38)34(6)45(36(8)49(56)62-41)63-42-29-54(12,59-15)48(37(9)61-42)66-51(58)39-25-21-18-22-26-39/h17-26,30-32,34-37,40-48,52H,5,16,27-29H2,1-4,6-15H3/t30?,31-,32?,34?,35+,36?,37?,40?,41?,42+,43+,44?,45?,46+,47-,48+,52?,54-/m1/s1. The van der Waals surface area contributed by atoms with E-state index in [0.29, 0.717) is 36.0 Å².